The first-order valence-corrected chi connectivity index (χ1v) is 6.12. The van der Waals surface area contributed by atoms with Crippen molar-refractivity contribution in [3.05, 3.63) is 0 Å². The minimum atomic E-state index is -0.992. The third kappa shape index (κ3) is 6.94. The molecule has 1 amide bonds. The lowest BCUT2D eigenvalue weighted by atomic mass is 9.94. The maximum Gasteiger partial charge on any atom is 0.326 e. The Balaban J connectivity index is 4.18. The van der Waals surface area contributed by atoms with E-state index in [2.05, 4.69) is 19.2 Å². The van der Waals surface area contributed by atoms with Gasteiger partial charge in [-0.2, -0.15) is 0 Å². The van der Waals surface area contributed by atoms with Gasteiger partial charge in [0, 0.05) is 6.42 Å². The van der Waals surface area contributed by atoms with Gasteiger partial charge in [-0.15, -0.1) is 0 Å². The van der Waals surface area contributed by atoms with Crippen LogP contribution in [0, 0.1) is 11.8 Å². The second-order valence-electron chi connectivity index (χ2n) is 4.80. The Morgan fingerprint density at radius 2 is 1.94 bits per heavy atom. The fraction of sp³-hybridized carbons (Fsp3) is 0.833. The van der Waals surface area contributed by atoms with Gasteiger partial charge < -0.3 is 16.2 Å². The molecule has 0 aromatic carbocycles. The standard InChI is InChI=1S/C12H24N2O3/c1-4-10(12(16)17)14-11(15)6-9(7-13)5-8(2)3/h8-10H,4-7,13H2,1-3H3,(H,14,15)(H,16,17). The molecular weight excluding hydrogens is 220 g/mol. The molecule has 0 aliphatic heterocycles. The van der Waals surface area contributed by atoms with E-state index in [0.717, 1.165) is 6.42 Å². The van der Waals surface area contributed by atoms with Crippen LogP contribution in [0.4, 0.5) is 0 Å². The van der Waals surface area contributed by atoms with Crippen molar-refractivity contribution < 1.29 is 14.7 Å². The van der Waals surface area contributed by atoms with Crippen molar-refractivity contribution in [1.82, 2.24) is 5.32 Å². The van der Waals surface area contributed by atoms with Gasteiger partial charge in [-0.3, -0.25) is 4.79 Å². The number of carbonyl (C=O) groups is 2. The van der Waals surface area contributed by atoms with Crippen molar-refractivity contribution in [2.24, 2.45) is 17.6 Å². The van der Waals surface area contributed by atoms with Crippen LogP contribution in [0.3, 0.4) is 0 Å². The molecule has 0 radical (unpaired) electrons. The number of aliphatic carboxylic acids is 1. The number of hydrogen-bond acceptors (Lipinski definition) is 3. The number of amides is 1. The molecule has 0 bridgehead atoms. The van der Waals surface area contributed by atoms with E-state index in [9.17, 15) is 9.59 Å². The van der Waals surface area contributed by atoms with Gasteiger partial charge in [-0.25, -0.2) is 4.79 Å². The summed E-state index contributed by atoms with van der Waals surface area (Å²) in [5.41, 5.74) is 5.60. The molecule has 0 rings (SSSR count). The molecule has 0 saturated carbocycles. The van der Waals surface area contributed by atoms with Crippen LogP contribution in [0.15, 0.2) is 0 Å². The molecule has 0 saturated heterocycles. The molecular formula is C12H24N2O3. The van der Waals surface area contributed by atoms with Crippen LogP contribution in [0.25, 0.3) is 0 Å². The minimum Gasteiger partial charge on any atom is -0.480 e. The minimum absolute atomic E-state index is 0.126. The predicted molar refractivity (Wildman–Crippen MR) is 66.5 cm³/mol. The van der Waals surface area contributed by atoms with Crippen molar-refractivity contribution in [1.29, 1.82) is 0 Å². The highest BCUT2D eigenvalue weighted by atomic mass is 16.4. The molecule has 2 atom stereocenters. The molecule has 0 fully saturated rings. The van der Waals surface area contributed by atoms with Crippen molar-refractivity contribution in [2.45, 2.75) is 46.1 Å². The zero-order valence-corrected chi connectivity index (χ0v) is 10.9. The number of carboxylic acids is 1. The molecule has 0 aromatic rings. The topological polar surface area (TPSA) is 92.4 Å². The van der Waals surface area contributed by atoms with Gasteiger partial charge in [0.1, 0.15) is 6.04 Å². The predicted octanol–water partition coefficient (Wildman–Crippen LogP) is 0.977. The van der Waals surface area contributed by atoms with Crippen molar-refractivity contribution >= 4 is 11.9 Å². The van der Waals surface area contributed by atoms with E-state index < -0.39 is 12.0 Å². The van der Waals surface area contributed by atoms with E-state index in [-0.39, 0.29) is 11.8 Å². The number of nitrogens with two attached hydrogens (primary N) is 1. The van der Waals surface area contributed by atoms with Crippen LogP contribution in [0.5, 0.6) is 0 Å². The highest BCUT2D eigenvalue weighted by molar-refractivity contribution is 5.83. The van der Waals surface area contributed by atoms with E-state index in [4.69, 9.17) is 10.8 Å². The lowest BCUT2D eigenvalue weighted by Gasteiger charge is -2.18. The first-order chi connectivity index (χ1) is 7.90. The fourth-order valence-electron chi connectivity index (χ4n) is 1.78. The molecule has 5 heteroatoms. The number of nitrogens with one attached hydrogen (secondary N) is 1. The van der Waals surface area contributed by atoms with Gasteiger partial charge in [-0.05, 0) is 31.2 Å². The van der Waals surface area contributed by atoms with Crippen LogP contribution in [-0.4, -0.2) is 29.6 Å². The van der Waals surface area contributed by atoms with Gasteiger partial charge in [0.2, 0.25) is 5.91 Å². The van der Waals surface area contributed by atoms with Gasteiger partial charge >= 0.3 is 5.97 Å². The summed E-state index contributed by atoms with van der Waals surface area (Å²) in [6.45, 7) is 6.34. The summed E-state index contributed by atoms with van der Waals surface area (Å²) in [4.78, 5) is 22.4. The lowest BCUT2D eigenvalue weighted by molar-refractivity contribution is -0.142. The molecule has 2 unspecified atom stereocenters. The average Bonchev–Trinajstić information content (AvgIpc) is 2.23. The van der Waals surface area contributed by atoms with Gasteiger partial charge in [0.15, 0.2) is 0 Å². The summed E-state index contributed by atoms with van der Waals surface area (Å²) in [6, 6.07) is -0.792. The Labute approximate surface area is 103 Å². The highest BCUT2D eigenvalue weighted by Gasteiger charge is 2.20. The van der Waals surface area contributed by atoms with E-state index in [1.807, 2.05) is 0 Å². The van der Waals surface area contributed by atoms with Gasteiger partial charge in [-0.1, -0.05) is 20.8 Å². The number of hydrogen-bond donors (Lipinski definition) is 3. The quantitative estimate of drug-likeness (QED) is 0.593. The maximum atomic E-state index is 11.6. The summed E-state index contributed by atoms with van der Waals surface area (Å²) >= 11 is 0. The summed E-state index contributed by atoms with van der Waals surface area (Å²) in [7, 11) is 0. The molecule has 0 aliphatic carbocycles. The Hall–Kier alpha value is -1.10. The zero-order chi connectivity index (χ0) is 13.4. The molecule has 100 valence electrons. The lowest BCUT2D eigenvalue weighted by Crippen LogP contribution is -2.41. The smallest absolute Gasteiger partial charge is 0.326 e. The third-order valence-electron chi connectivity index (χ3n) is 2.65. The normalized spacial score (nSPS) is 14.4. The molecule has 0 heterocycles. The van der Waals surface area contributed by atoms with E-state index in [1.54, 1.807) is 6.92 Å². The van der Waals surface area contributed by atoms with Gasteiger partial charge in [0.25, 0.3) is 0 Å². The second kappa shape index (κ2) is 8.06. The van der Waals surface area contributed by atoms with Crippen molar-refractivity contribution in [2.75, 3.05) is 6.54 Å². The van der Waals surface area contributed by atoms with Crippen LogP contribution >= 0.6 is 0 Å². The number of carbonyl (C=O) groups excluding carboxylic acids is 1. The monoisotopic (exact) mass is 244 g/mol. The second-order valence-corrected chi connectivity index (χ2v) is 4.80. The molecule has 0 aliphatic rings. The van der Waals surface area contributed by atoms with Crippen LogP contribution < -0.4 is 11.1 Å². The molecule has 0 aromatic heterocycles. The van der Waals surface area contributed by atoms with Gasteiger partial charge in [0.05, 0.1) is 0 Å². The van der Waals surface area contributed by atoms with Crippen molar-refractivity contribution in [3.8, 4) is 0 Å². The SMILES string of the molecule is CCC(NC(=O)CC(CN)CC(C)C)C(=O)O. The van der Waals surface area contributed by atoms with Crippen LogP contribution in [-0.2, 0) is 9.59 Å². The maximum absolute atomic E-state index is 11.6. The molecule has 0 spiro atoms. The van der Waals surface area contributed by atoms with Crippen LogP contribution in [0.2, 0.25) is 0 Å². The third-order valence-corrected chi connectivity index (χ3v) is 2.65. The summed E-state index contributed by atoms with van der Waals surface area (Å²) < 4.78 is 0. The molecule has 4 N–H and O–H groups in total. The Kier molecular flexibility index (Phi) is 7.54. The van der Waals surface area contributed by atoms with Crippen LogP contribution in [0.1, 0.15) is 40.0 Å². The zero-order valence-electron chi connectivity index (χ0n) is 10.9. The number of rotatable bonds is 8. The summed E-state index contributed by atoms with van der Waals surface area (Å²) in [5, 5.41) is 11.3. The first kappa shape index (κ1) is 15.9. The first-order valence-electron chi connectivity index (χ1n) is 6.12. The largest absolute Gasteiger partial charge is 0.480 e. The Morgan fingerprint density at radius 1 is 1.35 bits per heavy atom. The highest BCUT2D eigenvalue weighted by Crippen LogP contribution is 2.14. The summed E-state index contributed by atoms with van der Waals surface area (Å²) in [6.07, 6.45) is 1.57. The Bertz CT molecular complexity index is 254. The van der Waals surface area contributed by atoms with E-state index >= 15 is 0 Å². The fourth-order valence-corrected chi connectivity index (χ4v) is 1.78. The number of carboxylic acid groups (broad SMARTS) is 1. The van der Waals surface area contributed by atoms with E-state index in [1.165, 1.54) is 0 Å². The Morgan fingerprint density at radius 3 is 2.29 bits per heavy atom. The summed E-state index contributed by atoms with van der Waals surface area (Å²) in [5.74, 6) is -0.608. The molecule has 5 nitrogen and oxygen atoms in total. The van der Waals surface area contributed by atoms with E-state index in [0.29, 0.717) is 25.3 Å². The molecule has 17 heavy (non-hydrogen) atoms. The van der Waals surface area contributed by atoms with Crippen molar-refractivity contribution in [3.63, 3.8) is 0 Å². The average molecular weight is 244 g/mol.